The summed E-state index contributed by atoms with van der Waals surface area (Å²) in [6, 6.07) is 14.7. The van der Waals surface area contributed by atoms with Crippen LogP contribution in [-0.2, 0) is 28.7 Å². The number of anilines is 1. The van der Waals surface area contributed by atoms with Crippen LogP contribution in [0.1, 0.15) is 63.5 Å². The maximum Gasteiger partial charge on any atom is 0.313 e. The van der Waals surface area contributed by atoms with Gasteiger partial charge in [-0.3, -0.25) is 19.2 Å². The Balaban J connectivity index is 1.51. The van der Waals surface area contributed by atoms with Gasteiger partial charge < -0.3 is 29.3 Å². The van der Waals surface area contributed by atoms with E-state index in [4.69, 9.17) is 21.1 Å². The van der Waals surface area contributed by atoms with Crippen LogP contribution in [0.15, 0.2) is 79.9 Å². The number of amides is 3. The molecule has 2 bridgehead atoms. The van der Waals surface area contributed by atoms with Gasteiger partial charge in [0.15, 0.2) is 0 Å². The van der Waals surface area contributed by atoms with Crippen LogP contribution in [0.2, 0.25) is 5.02 Å². The number of ether oxygens (including phenoxy) is 2. The molecular formula is C40H49BrClN3O7. The molecule has 3 fully saturated rings. The second kappa shape index (κ2) is 17.5. The Morgan fingerprint density at radius 2 is 1.79 bits per heavy atom. The second-order valence-electron chi connectivity index (χ2n) is 13.9. The third-order valence-corrected chi connectivity index (χ3v) is 11.9. The van der Waals surface area contributed by atoms with E-state index in [0.29, 0.717) is 42.0 Å². The van der Waals surface area contributed by atoms with Crippen molar-refractivity contribution in [2.45, 2.75) is 86.6 Å². The molecule has 1 spiro atoms. The van der Waals surface area contributed by atoms with Crippen LogP contribution in [0, 0.1) is 11.8 Å². The van der Waals surface area contributed by atoms with Crippen molar-refractivity contribution >= 4 is 56.9 Å². The number of aliphatic hydroxyl groups is 1. The number of alkyl halides is 1. The molecule has 8 atom stereocenters. The molecule has 3 aliphatic rings. The van der Waals surface area contributed by atoms with E-state index in [-0.39, 0.29) is 48.7 Å². The first-order valence-electron chi connectivity index (χ1n) is 18.0. The van der Waals surface area contributed by atoms with Crippen LogP contribution < -0.4 is 4.90 Å². The first-order valence-corrected chi connectivity index (χ1v) is 19.3. The minimum absolute atomic E-state index is 0.0797. The average molecular weight is 799 g/mol. The summed E-state index contributed by atoms with van der Waals surface area (Å²) in [6.45, 7) is 9.91. The van der Waals surface area contributed by atoms with Crippen molar-refractivity contribution in [3.63, 3.8) is 0 Å². The molecule has 10 nitrogen and oxygen atoms in total. The quantitative estimate of drug-likeness (QED) is 0.0820. The lowest BCUT2D eigenvalue weighted by Gasteiger charge is -2.37. The molecule has 0 aromatic heterocycles. The SMILES string of the molecule is C=CCCC(=O)N(C)[C@@H](C)[C@@H](OC(=O)[C@@H]1[C@H]2O[C@@]3(CC2Br)[C@H](C(=O)N(CC=C)c2ccccc2Cl)N(CCCCCCO)C(=O)[C@@H]13)c1ccccc1. The van der Waals surface area contributed by atoms with Crippen molar-refractivity contribution in [3.8, 4) is 0 Å². The summed E-state index contributed by atoms with van der Waals surface area (Å²) in [5.74, 6) is -3.41. The molecule has 3 amide bonds. The van der Waals surface area contributed by atoms with Gasteiger partial charge in [-0.2, -0.15) is 0 Å². The average Bonchev–Trinajstić information content (AvgIpc) is 3.74. The van der Waals surface area contributed by atoms with Gasteiger partial charge in [0.2, 0.25) is 11.8 Å². The van der Waals surface area contributed by atoms with Crippen molar-refractivity contribution in [3.05, 3.63) is 90.5 Å². The number of hydrogen-bond donors (Lipinski definition) is 1. The van der Waals surface area contributed by atoms with Crippen LogP contribution >= 0.6 is 27.5 Å². The number of carbonyl (C=O) groups excluding carboxylic acids is 4. The Bertz CT molecular complexity index is 1630. The molecule has 2 aromatic carbocycles. The first kappa shape index (κ1) is 39.7. The number of esters is 1. The summed E-state index contributed by atoms with van der Waals surface area (Å²) in [6.07, 6.45) is 5.61. The van der Waals surface area contributed by atoms with Gasteiger partial charge in [-0.05, 0) is 50.3 Å². The molecule has 5 rings (SSSR count). The van der Waals surface area contributed by atoms with E-state index in [1.807, 2.05) is 37.3 Å². The van der Waals surface area contributed by atoms with Crippen LogP contribution in [0.25, 0.3) is 0 Å². The zero-order chi connectivity index (χ0) is 37.6. The molecule has 3 heterocycles. The highest BCUT2D eigenvalue weighted by Crippen LogP contribution is 2.60. The standard InChI is InChI=1S/C40H49BrClN3O7/c1-5-7-21-31(47)43(4)26(3)34(27-17-11-10-12-18-27)51-39(50)32-33-37(48)45(23-15-8-9-16-24-46)36(40(33)25-28(41)35(32)52-40)38(49)44(22-6-2)30-20-14-13-19-29(30)42/h5-6,10-14,17-20,26,28,32-36,46H,1-2,7-9,15-16,21-25H2,3-4H3/t26-,28?,32-,33+,34+,35-,36-,40+/m0/s1. The number of unbranched alkanes of at least 4 members (excludes halogenated alkanes) is 3. The number of likely N-dealkylation sites (tertiary alicyclic amines) is 1. The number of aliphatic hydroxyl groups excluding tert-OH is 1. The van der Waals surface area contributed by atoms with E-state index in [1.54, 1.807) is 53.3 Å². The Morgan fingerprint density at radius 1 is 1.10 bits per heavy atom. The topological polar surface area (TPSA) is 117 Å². The van der Waals surface area contributed by atoms with Crippen molar-refractivity contribution in [2.24, 2.45) is 11.8 Å². The summed E-state index contributed by atoms with van der Waals surface area (Å²) in [7, 11) is 1.69. The summed E-state index contributed by atoms with van der Waals surface area (Å²) < 4.78 is 13.1. The van der Waals surface area contributed by atoms with Crippen molar-refractivity contribution in [1.82, 2.24) is 9.80 Å². The maximum atomic E-state index is 14.9. The lowest BCUT2D eigenvalue weighted by molar-refractivity contribution is -0.164. The fraction of sp³-hybridized carbons (Fsp3) is 0.500. The van der Waals surface area contributed by atoms with Gasteiger partial charge in [-0.25, -0.2) is 0 Å². The first-order chi connectivity index (χ1) is 25.0. The van der Waals surface area contributed by atoms with Crippen LogP contribution in [0.3, 0.4) is 0 Å². The number of para-hydroxylation sites is 1. The molecule has 1 N–H and O–H groups in total. The normalized spacial score (nSPS) is 25.7. The van der Waals surface area contributed by atoms with E-state index in [2.05, 4.69) is 29.1 Å². The largest absolute Gasteiger partial charge is 0.455 e. The number of carbonyl (C=O) groups is 4. The monoisotopic (exact) mass is 797 g/mol. The van der Waals surface area contributed by atoms with Gasteiger partial charge in [-0.15, -0.1) is 13.2 Å². The van der Waals surface area contributed by atoms with E-state index in [0.717, 1.165) is 12.8 Å². The molecule has 2 aromatic rings. The highest BCUT2D eigenvalue weighted by molar-refractivity contribution is 9.09. The molecule has 3 aliphatic heterocycles. The fourth-order valence-corrected chi connectivity index (χ4v) is 9.22. The molecule has 12 heteroatoms. The van der Waals surface area contributed by atoms with Gasteiger partial charge in [0, 0.05) is 38.0 Å². The van der Waals surface area contributed by atoms with Gasteiger partial charge in [-0.1, -0.05) is 95.0 Å². The highest BCUT2D eigenvalue weighted by Gasteiger charge is 2.77. The molecule has 1 unspecified atom stereocenters. The number of hydrogen-bond acceptors (Lipinski definition) is 7. The summed E-state index contributed by atoms with van der Waals surface area (Å²) in [4.78, 5) is 61.6. The molecule has 52 heavy (non-hydrogen) atoms. The fourth-order valence-electron chi connectivity index (χ4n) is 8.04. The number of allylic oxidation sites excluding steroid dienone is 1. The smallest absolute Gasteiger partial charge is 0.313 e. The number of likely N-dealkylation sites (N-methyl/N-ethyl adjacent to an activating group) is 1. The highest BCUT2D eigenvalue weighted by atomic mass is 79.9. The summed E-state index contributed by atoms with van der Waals surface area (Å²) in [5.41, 5.74) is -0.126. The van der Waals surface area contributed by atoms with E-state index in [1.165, 1.54) is 4.90 Å². The molecule has 0 radical (unpaired) electrons. The Kier molecular flexibility index (Phi) is 13.4. The molecule has 280 valence electrons. The number of nitrogens with zero attached hydrogens (tertiary/aromatic N) is 3. The maximum absolute atomic E-state index is 14.9. The Hall–Kier alpha value is -3.51. The second-order valence-corrected chi connectivity index (χ2v) is 15.4. The third-order valence-electron chi connectivity index (χ3n) is 10.7. The van der Waals surface area contributed by atoms with Gasteiger partial charge in [0.25, 0.3) is 5.91 Å². The van der Waals surface area contributed by atoms with E-state index in [9.17, 15) is 24.3 Å². The van der Waals surface area contributed by atoms with Crippen LogP contribution in [0.5, 0.6) is 0 Å². The van der Waals surface area contributed by atoms with E-state index < -0.39 is 47.7 Å². The predicted octanol–water partition coefficient (Wildman–Crippen LogP) is 6.26. The molecular weight excluding hydrogens is 750 g/mol. The Morgan fingerprint density at radius 3 is 2.46 bits per heavy atom. The molecule has 3 saturated heterocycles. The van der Waals surface area contributed by atoms with Crippen molar-refractivity contribution in [2.75, 3.05) is 31.6 Å². The molecule has 0 saturated carbocycles. The number of halogens is 2. The Labute approximate surface area is 319 Å². The van der Waals surface area contributed by atoms with Crippen molar-refractivity contribution in [1.29, 1.82) is 0 Å². The number of fused-ring (bicyclic) bond motifs is 1. The number of rotatable bonds is 18. The number of benzene rings is 2. The van der Waals surface area contributed by atoms with Gasteiger partial charge in [0.05, 0.1) is 34.7 Å². The minimum Gasteiger partial charge on any atom is -0.455 e. The zero-order valence-electron chi connectivity index (χ0n) is 29.9. The van der Waals surface area contributed by atoms with Gasteiger partial charge in [0.1, 0.15) is 17.7 Å². The van der Waals surface area contributed by atoms with Crippen LogP contribution in [0.4, 0.5) is 5.69 Å². The lowest BCUT2D eigenvalue weighted by Crippen LogP contribution is -2.57. The zero-order valence-corrected chi connectivity index (χ0v) is 32.2. The molecule has 0 aliphatic carbocycles. The third kappa shape index (κ3) is 7.74. The summed E-state index contributed by atoms with van der Waals surface area (Å²) >= 11 is 10.4. The van der Waals surface area contributed by atoms with Crippen LogP contribution in [-0.4, -0.2) is 94.0 Å². The predicted molar refractivity (Wildman–Crippen MR) is 204 cm³/mol. The summed E-state index contributed by atoms with van der Waals surface area (Å²) in [5, 5.41) is 9.67. The minimum atomic E-state index is -1.31. The van der Waals surface area contributed by atoms with Crippen molar-refractivity contribution < 1.29 is 33.8 Å². The van der Waals surface area contributed by atoms with Gasteiger partial charge >= 0.3 is 5.97 Å². The van der Waals surface area contributed by atoms with E-state index >= 15 is 0 Å². The lowest BCUT2D eigenvalue weighted by atomic mass is 9.70.